The van der Waals surface area contributed by atoms with Gasteiger partial charge in [0.2, 0.25) is 0 Å². The summed E-state index contributed by atoms with van der Waals surface area (Å²) in [4.78, 5) is 4.99. The zero-order chi connectivity index (χ0) is 14.4. The minimum Gasteiger partial charge on any atom is -0.379 e. The van der Waals surface area contributed by atoms with Gasteiger partial charge in [-0.1, -0.05) is 13.8 Å². The topological polar surface area (TPSA) is 24.9 Å². The monoisotopic (exact) mass is 284 g/mol. The van der Waals surface area contributed by atoms with Gasteiger partial charge in [-0.3, -0.25) is 4.90 Å². The minimum atomic E-state index is 0.320. The number of hydrogen-bond acceptors (Lipinski definition) is 4. The summed E-state index contributed by atoms with van der Waals surface area (Å²) < 4.78 is 11.3. The fourth-order valence-electron chi connectivity index (χ4n) is 3.51. The molecule has 0 amide bonds. The van der Waals surface area contributed by atoms with Crippen molar-refractivity contribution in [3.8, 4) is 0 Å². The lowest BCUT2D eigenvalue weighted by Gasteiger charge is -2.38. The molecule has 2 saturated heterocycles. The highest BCUT2D eigenvalue weighted by Gasteiger charge is 2.26. The maximum absolute atomic E-state index is 5.84. The van der Waals surface area contributed by atoms with Crippen molar-refractivity contribution in [3.05, 3.63) is 0 Å². The third-order valence-electron chi connectivity index (χ3n) is 4.24. The molecule has 0 spiro atoms. The van der Waals surface area contributed by atoms with Gasteiger partial charge in [0.05, 0.1) is 19.3 Å². The average molecular weight is 284 g/mol. The number of morpholine rings is 1. The van der Waals surface area contributed by atoms with E-state index >= 15 is 0 Å². The fraction of sp³-hybridized carbons (Fsp3) is 1.00. The smallest absolute Gasteiger partial charge is 0.0701 e. The van der Waals surface area contributed by atoms with E-state index < -0.39 is 0 Å². The molecule has 0 aliphatic carbocycles. The van der Waals surface area contributed by atoms with Crippen LogP contribution in [0.5, 0.6) is 0 Å². The molecule has 0 aromatic heterocycles. The molecule has 118 valence electrons. The van der Waals surface area contributed by atoms with Gasteiger partial charge in [-0.2, -0.15) is 0 Å². The Balaban J connectivity index is 1.71. The van der Waals surface area contributed by atoms with Gasteiger partial charge in [-0.05, 0) is 31.7 Å². The zero-order valence-electron chi connectivity index (χ0n) is 13.6. The van der Waals surface area contributed by atoms with Gasteiger partial charge in [0.25, 0.3) is 0 Å². The average Bonchev–Trinajstić information content (AvgIpc) is 2.39. The van der Waals surface area contributed by atoms with E-state index in [0.29, 0.717) is 11.5 Å². The predicted octanol–water partition coefficient (Wildman–Crippen LogP) is 1.85. The molecular formula is C16H32N2O2. The minimum absolute atomic E-state index is 0.320. The van der Waals surface area contributed by atoms with Crippen LogP contribution < -0.4 is 0 Å². The maximum atomic E-state index is 5.84. The Labute approximate surface area is 124 Å². The van der Waals surface area contributed by atoms with Crippen LogP contribution in [0.25, 0.3) is 0 Å². The van der Waals surface area contributed by atoms with E-state index in [2.05, 4.69) is 30.7 Å². The van der Waals surface area contributed by atoms with Crippen LogP contribution in [0, 0.1) is 5.41 Å². The first-order valence-electron chi connectivity index (χ1n) is 8.15. The van der Waals surface area contributed by atoms with Crippen LogP contribution in [0.2, 0.25) is 0 Å². The second-order valence-corrected chi connectivity index (χ2v) is 7.24. The van der Waals surface area contributed by atoms with Gasteiger partial charge in [0.15, 0.2) is 0 Å². The highest BCUT2D eigenvalue weighted by atomic mass is 16.5. The predicted molar refractivity (Wildman–Crippen MR) is 82.1 cm³/mol. The quantitative estimate of drug-likeness (QED) is 0.743. The standard InChI is InChI=1S/C16H32N2O2/c1-16(2,14-18-7-10-19-11-8-18)13-17(3)12-15-6-4-5-9-20-15/h15H,4-14H2,1-3H3/t15-/m0/s1. The Morgan fingerprint density at radius 1 is 1.15 bits per heavy atom. The van der Waals surface area contributed by atoms with Crippen LogP contribution in [0.15, 0.2) is 0 Å². The van der Waals surface area contributed by atoms with Crippen molar-refractivity contribution < 1.29 is 9.47 Å². The Morgan fingerprint density at radius 2 is 1.90 bits per heavy atom. The van der Waals surface area contributed by atoms with Gasteiger partial charge in [0, 0.05) is 39.3 Å². The summed E-state index contributed by atoms with van der Waals surface area (Å²) in [6.45, 7) is 13.0. The Hall–Kier alpha value is -0.160. The third kappa shape index (κ3) is 5.68. The number of rotatable bonds is 6. The molecule has 0 aromatic carbocycles. The van der Waals surface area contributed by atoms with Crippen LogP contribution in [-0.4, -0.2) is 75.5 Å². The van der Waals surface area contributed by atoms with Crippen molar-refractivity contribution >= 4 is 0 Å². The van der Waals surface area contributed by atoms with Crippen LogP contribution in [-0.2, 0) is 9.47 Å². The molecule has 2 aliphatic heterocycles. The summed E-state index contributed by atoms with van der Waals surface area (Å²) >= 11 is 0. The van der Waals surface area contributed by atoms with Gasteiger partial charge < -0.3 is 14.4 Å². The van der Waals surface area contributed by atoms with E-state index in [1.807, 2.05) is 0 Å². The molecule has 4 nitrogen and oxygen atoms in total. The number of ether oxygens (including phenoxy) is 2. The highest BCUT2D eigenvalue weighted by Crippen LogP contribution is 2.20. The summed E-state index contributed by atoms with van der Waals surface area (Å²) in [5.41, 5.74) is 0.320. The first-order valence-corrected chi connectivity index (χ1v) is 8.15. The molecule has 0 unspecified atom stereocenters. The van der Waals surface area contributed by atoms with Gasteiger partial charge >= 0.3 is 0 Å². The van der Waals surface area contributed by atoms with Gasteiger partial charge in [0.1, 0.15) is 0 Å². The molecule has 2 fully saturated rings. The molecule has 20 heavy (non-hydrogen) atoms. The second-order valence-electron chi connectivity index (χ2n) is 7.24. The molecule has 0 saturated carbocycles. The lowest BCUT2D eigenvalue weighted by molar-refractivity contribution is -0.0127. The number of nitrogens with zero attached hydrogens (tertiary/aromatic N) is 2. The zero-order valence-corrected chi connectivity index (χ0v) is 13.6. The third-order valence-corrected chi connectivity index (χ3v) is 4.24. The van der Waals surface area contributed by atoms with E-state index in [9.17, 15) is 0 Å². The van der Waals surface area contributed by atoms with Crippen LogP contribution in [0.1, 0.15) is 33.1 Å². The van der Waals surface area contributed by atoms with Crippen molar-refractivity contribution in [1.82, 2.24) is 9.80 Å². The second kappa shape index (κ2) is 7.74. The van der Waals surface area contributed by atoms with Crippen molar-refractivity contribution in [2.45, 2.75) is 39.2 Å². The molecule has 2 rings (SSSR count). The molecule has 1 atom stereocenters. The van der Waals surface area contributed by atoms with Crippen LogP contribution >= 0.6 is 0 Å². The van der Waals surface area contributed by atoms with Gasteiger partial charge in [-0.25, -0.2) is 0 Å². The summed E-state index contributed by atoms with van der Waals surface area (Å²) in [6, 6.07) is 0. The largest absolute Gasteiger partial charge is 0.379 e. The molecule has 2 heterocycles. The van der Waals surface area contributed by atoms with Crippen molar-refractivity contribution in [1.29, 1.82) is 0 Å². The summed E-state index contributed by atoms with van der Waals surface area (Å²) in [5, 5.41) is 0. The normalized spacial score (nSPS) is 26.1. The van der Waals surface area contributed by atoms with E-state index in [4.69, 9.17) is 9.47 Å². The van der Waals surface area contributed by atoms with Crippen LogP contribution in [0.3, 0.4) is 0 Å². The molecule has 0 N–H and O–H groups in total. The maximum Gasteiger partial charge on any atom is 0.0701 e. The van der Waals surface area contributed by atoms with Gasteiger partial charge in [-0.15, -0.1) is 0 Å². The molecule has 4 heteroatoms. The van der Waals surface area contributed by atoms with E-state index in [1.54, 1.807) is 0 Å². The van der Waals surface area contributed by atoms with Crippen molar-refractivity contribution in [2.24, 2.45) is 5.41 Å². The Morgan fingerprint density at radius 3 is 2.55 bits per heavy atom. The molecule has 0 bridgehead atoms. The molecule has 0 aromatic rings. The van der Waals surface area contributed by atoms with E-state index in [1.165, 1.54) is 19.3 Å². The molecular weight excluding hydrogens is 252 g/mol. The Kier molecular flexibility index (Phi) is 6.27. The SMILES string of the molecule is CN(C[C@@H]1CCCCO1)CC(C)(C)CN1CCOCC1. The summed E-state index contributed by atoms with van der Waals surface area (Å²) in [6.07, 6.45) is 4.25. The first-order chi connectivity index (χ1) is 9.55. The van der Waals surface area contributed by atoms with Crippen molar-refractivity contribution in [3.63, 3.8) is 0 Å². The highest BCUT2D eigenvalue weighted by molar-refractivity contribution is 4.79. The van der Waals surface area contributed by atoms with E-state index in [0.717, 1.165) is 52.5 Å². The lowest BCUT2D eigenvalue weighted by atomic mass is 9.91. The van der Waals surface area contributed by atoms with Crippen molar-refractivity contribution in [2.75, 3.05) is 59.6 Å². The number of hydrogen-bond donors (Lipinski definition) is 0. The fourth-order valence-corrected chi connectivity index (χ4v) is 3.51. The molecule has 0 radical (unpaired) electrons. The lowest BCUT2D eigenvalue weighted by Crippen LogP contribution is -2.46. The van der Waals surface area contributed by atoms with E-state index in [-0.39, 0.29) is 0 Å². The summed E-state index contributed by atoms with van der Waals surface area (Å²) in [7, 11) is 2.24. The summed E-state index contributed by atoms with van der Waals surface area (Å²) in [5.74, 6) is 0. The first kappa shape index (κ1) is 16.2. The molecule has 2 aliphatic rings. The number of likely N-dealkylation sites (N-methyl/N-ethyl adjacent to an activating group) is 1. The Bertz CT molecular complexity index is 272. The van der Waals surface area contributed by atoms with Crippen LogP contribution in [0.4, 0.5) is 0 Å².